The number of hydrogen-bond acceptors (Lipinski definition) is 1. The highest BCUT2D eigenvalue weighted by Crippen LogP contribution is 2.13. The van der Waals surface area contributed by atoms with Gasteiger partial charge in [0.1, 0.15) is 0 Å². The van der Waals surface area contributed by atoms with Gasteiger partial charge < -0.3 is 0 Å². The predicted octanol–water partition coefficient (Wildman–Crippen LogP) is 3.54. The Bertz CT molecular complexity index is 149. The summed E-state index contributed by atoms with van der Waals surface area (Å²) in [5, 5.41) is 0. The molecule has 0 unspecified atom stereocenters. The molecule has 0 amide bonds. The van der Waals surface area contributed by atoms with Gasteiger partial charge in [0.2, 0.25) is 0 Å². The molecular formula is C11H23N. The molecule has 12 heavy (non-hydrogen) atoms. The van der Waals surface area contributed by atoms with Crippen LogP contribution in [-0.2, 0) is 0 Å². The zero-order valence-electron chi connectivity index (χ0n) is 9.44. The second-order valence-electron chi connectivity index (χ2n) is 5.21. The molecule has 1 heteroatoms. The van der Waals surface area contributed by atoms with Crippen LogP contribution in [0, 0.1) is 11.3 Å². The smallest absolute Gasteiger partial charge is 0.0437 e. The molecule has 0 aliphatic carbocycles. The number of hydrogen-bond donors (Lipinski definition) is 0. The van der Waals surface area contributed by atoms with E-state index in [2.05, 4.69) is 46.5 Å². The van der Waals surface area contributed by atoms with Crippen LogP contribution >= 0.6 is 0 Å². The summed E-state index contributed by atoms with van der Waals surface area (Å²) in [6, 6.07) is 0. The lowest BCUT2D eigenvalue weighted by Gasteiger charge is -2.15. The third-order valence-corrected chi connectivity index (χ3v) is 1.53. The minimum atomic E-state index is 0.332. The molecule has 0 aliphatic rings. The minimum absolute atomic E-state index is 0.332. The van der Waals surface area contributed by atoms with E-state index in [1.54, 1.807) is 0 Å². The van der Waals surface area contributed by atoms with Crippen molar-refractivity contribution in [3.63, 3.8) is 0 Å². The molecule has 0 saturated heterocycles. The molecule has 72 valence electrons. The molecule has 0 saturated carbocycles. The van der Waals surface area contributed by atoms with Crippen molar-refractivity contribution >= 4 is 5.71 Å². The summed E-state index contributed by atoms with van der Waals surface area (Å²) in [7, 11) is 0. The largest absolute Gasteiger partial charge is 0.294 e. The zero-order chi connectivity index (χ0) is 9.78. The standard InChI is InChI=1S/C11H23N/c1-9(2)7-10(3)12-8-11(4,5)6/h9H,7-8H2,1-6H3. The van der Waals surface area contributed by atoms with E-state index in [0.717, 1.165) is 18.9 Å². The van der Waals surface area contributed by atoms with Gasteiger partial charge in [-0.1, -0.05) is 34.6 Å². The van der Waals surface area contributed by atoms with Crippen LogP contribution in [-0.4, -0.2) is 12.3 Å². The van der Waals surface area contributed by atoms with E-state index < -0.39 is 0 Å². The zero-order valence-corrected chi connectivity index (χ0v) is 9.44. The number of nitrogens with zero attached hydrogens (tertiary/aromatic N) is 1. The lowest BCUT2D eigenvalue weighted by molar-refractivity contribution is 0.428. The monoisotopic (exact) mass is 169 g/mol. The maximum absolute atomic E-state index is 4.55. The van der Waals surface area contributed by atoms with Crippen molar-refractivity contribution in [2.45, 2.75) is 48.0 Å². The molecule has 0 aromatic rings. The van der Waals surface area contributed by atoms with E-state index in [4.69, 9.17) is 0 Å². The SMILES string of the molecule is CC(CC(C)C)=NCC(C)(C)C. The molecule has 0 aromatic carbocycles. The van der Waals surface area contributed by atoms with Crippen molar-refractivity contribution in [1.82, 2.24) is 0 Å². The van der Waals surface area contributed by atoms with Crippen LogP contribution in [0.15, 0.2) is 4.99 Å². The molecule has 0 fully saturated rings. The highest BCUT2D eigenvalue weighted by molar-refractivity contribution is 5.82. The molecule has 0 atom stereocenters. The van der Waals surface area contributed by atoms with Crippen LogP contribution in [0.3, 0.4) is 0 Å². The Hall–Kier alpha value is -0.330. The highest BCUT2D eigenvalue weighted by Gasteiger charge is 2.08. The van der Waals surface area contributed by atoms with Crippen molar-refractivity contribution in [3.8, 4) is 0 Å². The normalized spacial score (nSPS) is 14.1. The third kappa shape index (κ3) is 7.77. The summed E-state index contributed by atoms with van der Waals surface area (Å²) in [6.07, 6.45) is 1.14. The molecule has 0 bridgehead atoms. The molecule has 1 nitrogen and oxygen atoms in total. The van der Waals surface area contributed by atoms with E-state index in [1.165, 1.54) is 5.71 Å². The van der Waals surface area contributed by atoms with Gasteiger partial charge in [0.25, 0.3) is 0 Å². The predicted molar refractivity (Wildman–Crippen MR) is 56.9 cm³/mol. The Morgan fingerprint density at radius 2 is 1.75 bits per heavy atom. The molecule has 0 spiro atoms. The van der Waals surface area contributed by atoms with E-state index in [9.17, 15) is 0 Å². The van der Waals surface area contributed by atoms with Crippen molar-refractivity contribution in [2.75, 3.05) is 6.54 Å². The van der Waals surface area contributed by atoms with Gasteiger partial charge in [-0.25, -0.2) is 0 Å². The van der Waals surface area contributed by atoms with Crippen LogP contribution in [0.5, 0.6) is 0 Å². The van der Waals surface area contributed by atoms with Crippen molar-refractivity contribution in [1.29, 1.82) is 0 Å². The minimum Gasteiger partial charge on any atom is -0.294 e. The number of aliphatic imine (C=N–C) groups is 1. The summed E-state index contributed by atoms with van der Waals surface area (Å²) in [5.41, 5.74) is 1.62. The molecule has 0 N–H and O–H groups in total. The van der Waals surface area contributed by atoms with Crippen molar-refractivity contribution in [2.24, 2.45) is 16.3 Å². The highest BCUT2D eigenvalue weighted by atomic mass is 14.7. The summed E-state index contributed by atoms with van der Waals surface area (Å²) in [6.45, 7) is 14.2. The fourth-order valence-corrected chi connectivity index (χ4v) is 1.03. The third-order valence-electron chi connectivity index (χ3n) is 1.53. The molecule has 0 heterocycles. The molecule has 0 aromatic heterocycles. The van der Waals surface area contributed by atoms with Gasteiger partial charge in [-0.3, -0.25) is 4.99 Å². The van der Waals surface area contributed by atoms with Gasteiger partial charge in [0, 0.05) is 12.3 Å². The first kappa shape index (κ1) is 11.7. The summed E-state index contributed by atoms with van der Waals surface area (Å²) >= 11 is 0. The molecule has 0 rings (SSSR count). The van der Waals surface area contributed by atoms with Crippen LogP contribution in [0.1, 0.15) is 48.0 Å². The fraction of sp³-hybridized carbons (Fsp3) is 0.909. The molecule has 0 radical (unpaired) electrons. The second-order valence-corrected chi connectivity index (χ2v) is 5.21. The topological polar surface area (TPSA) is 12.4 Å². The summed E-state index contributed by atoms with van der Waals surface area (Å²) in [5.74, 6) is 0.730. The Balaban J connectivity index is 3.85. The van der Waals surface area contributed by atoms with Gasteiger partial charge in [-0.15, -0.1) is 0 Å². The van der Waals surface area contributed by atoms with E-state index in [-0.39, 0.29) is 0 Å². The number of rotatable bonds is 3. The maximum atomic E-state index is 4.55. The first-order chi connectivity index (χ1) is 5.31. The average Bonchev–Trinajstić information content (AvgIpc) is 1.80. The lowest BCUT2D eigenvalue weighted by atomic mass is 9.97. The molecule has 0 aliphatic heterocycles. The Labute approximate surface area is 77.3 Å². The Morgan fingerprint density at radius 3 is 2.08 bits per heavy atom. The fourth-order valence-electron chi connectivity index (χ4n) is 1.03. The van der Waals surface area contributed by atoms with Gasteiger partial charge in [0.05, 0.1) is 0 Å². The van der Waals surface area contributed by atoms with E-state index in [1.807, 2.05) is 0 Å². The second kappa shape index (κ2) is 4.64. The van der Waals surface area contributed by atoms with Gasteiger partial charge in [-0.05, 0) is 24.7 Å². The van der Waals surface area contributed by atoms with E-state index >= 15 is 0 Å². The van der Waals surface area contributed by atoms with Crippen LogP contribution in [0.4, 0.5) is 0 Å². The Morgan fingerprint density at radius 1 is 1.25 bits per heavy atom. The van der Waals surface area contributed by atoms with Gasteiger partial charge >= 0.3 is 0 Å². The average molecular weight is 169 g/mol. The van der Waals surface area contributed by atoms with E-state index in [0.29, 0.717) is 5.41 Å². The van der Waals surface area contributed by atoms with Crippen molar-refractivity contribution in [3.05, 3.63) is 0 Å². The summed E-state index contributed by atoms with van der Waals surface area (Å²) in [4.78, 5) is 4.55. The molecular weight excluding hydrogens is 146 g/mol. The quantitative estimate of drug-likeness (QED) is 0.573. The van der Waals surface area contributed by atoms with Crippen LogP contribution in [0.2, 0.25) is 0 Å². The maximum Gasteiger partial charge on any atom is 0.0437 e. The van der Waals surface area contributed by atoms with Gasteiger partial charge in [0.15, 0.2) is 0 Å². The van der Waals surface area contributed by atoms with Gasteiger partial charge in [-0.2, -0.15) is 0 Å². The first-order valence-corrected chi connectivity index (χ1v) is 4.81. The van der Waals surface area contributed by atoms with Crippen LogP contribution < -0.4 is 0 Å². The Kier molecular flexibility index (Phi) is 4.51. The summed E-state index contributed by atoms with van der Waals surface area (Å²) < 4.78 is 0. The van der Waals surface area contributed by atoms with Crippen molar-refractivity contribution < 1.29 is 0 Å². The van der Waals surface area contributed by atoms with Crippen LogP contribution in [0.25, 0.3) is 0 Å². The first-order valence-electron chi connectivity index (χ1n) is 4.81. The lowest BCUT2D eigenvalue weighted by Crippen LogP contribution is -2.11.